The Morgan fingerprint density at radius 1 is 1.07 bits per heavy atom. The Hall–Kier alpha value is -3.19. The molecule has 0 unspecified atom stereocenters. The lowest BCUT2D eigenvalue weighted by Gasteiger charge is -2.28. The summed E-state index contributed by atoms with van der Waals surface area (Å²) in [6.07, 6.45) is 0. The molecule has 144 valence electrons. The van der Waals surface area contributed by atoms with Gasteiger partial charge in [0.1, 0.15) is 0 Å². The van der Waals surface area contributed by atoms with Gasteiger partial charge in [-0.15, -0.1) is 0 Å². The topological polar surface area (TPSA) is 76.6 Å². The first-order valence-corrected chi connectivity index (χ1v) is 9.38. The van der Waals surface area contributed by atoms with Crippen molar-refractivity contribution < 1.29 is 14.3 Å². The number of fused-ring (bicyclic) bond motifs is 1. The number of aromatic nitrogens is 2. The molecule has 1 aliphatic rings. The van der Waals surface area contributed by atoms with Gasteiger partial charge in [0.05, 0.1) is 30.9 Å². The molecule has 3 aromatic rings. The highest BCUT2D eigenvalue weighted by Gasteiger charge is 2.18. The van der Waals surface area contributed by atoms with E-state index in [1.807, 2.05) is 48.5 Å². The average molecular weight is 378 g/mol. The molecule has 0 spiro atoms. The van der Waals surface area contributed by atoms with E-state index in [0.29, 0.717) is 16.9 Å². The van der Waals surface area contributed by atoms with Gasteiger partial charge in [0, 0.05) is 24.5 Å². The predicted octanol–water partition coefficient (Wildman–Crippen LogP) is 3.39. The van der Waals surface area contributed by atoms with Crippen molar-refractivity contribution in [1.29, 1.82) is 0 Å². The number of anilines is 3. The van der Waals surface area contributed by atoms with Crippen LogP contribution in [0.5, 0.6) is 0 Å². The summed E-state index contributed by atoms with van der Waals surface area (Å²) < 4.78 is 10.6. The van der Waals surface area contributed by atoms with Crippen molar-refractivity contribution in [2.24, 2.45) is 0 Å². The number of para-hydroxylation sites is 2. The number of nitrogens with zero attached hydrogens (tertiary/aromatic N) is 3. The number of carbonyl (C=O) groups is 1. The molecule has 0 bridgehead atoms. The second-order valence-electron chi connectivity index (χ2n) is 6.40. The second-order valence-corrected chi connectivity index (χ2v) is 6.40. The number of hydrogen-bond donors (Lipinski definition) is 1. The van der Waals surface area contributed by atoms with Gasteiger partial charge >= 0.3 is 5.97 Å². The number of esters is 1. The maximum absolute atomic E-state index is 12.4. The lowest BCUT2D eigenvalue weighted by molar-refractivity contribution is 0.0521. The molecular weight excluding hydrogens is 356 g/mol. The second kappa shape index (κ2) is 8.22. The molecule has 0 radical (unpaired) electrons. The fourth-order valence-electron chi connectivity index (χ4n) is 3.14. The summed E-state index contributed by atoms with van der Waals surface area (Å²) in [6.45, 7) is 5.31. The lowest BCUT2D eigenvalue weighted by atomic mass is 10.2. The molecule has 7 heteroatoms. The summed E-state index contributed by atoms with van der Waals surface area (Å²) in [7, 11) is 0. The average Bonchev–Trinajstić information content (AvgIpc) is 2.74. The van der Waals surface area contributed by atoms with E-state index in [2.05, 4.69) is 20.2 Å². The number of carbonyl (C=O) groups excluding carboxylic acids is 1. The van der Waals surface area contributed by atoms with Crippen molar-refractivity contribution in [1.82, 2.24) is 9.97 Å². The van der Waals surface area contributed by atoms with Crippen LogP contribution in [0.1, 0.15) is 17.4 Å². The molecule has 1 aromatic heterocycles. The Balaban J connectivity index is 1.62. The molecule has 2 heterocycles. The van der Waals surface area contributed by atoms with Crippen LogP contribution >= 0.6 is 0 Å². The SMILES string of the molecule is CCOC(=O)c1nc2ccccc2nc1Nc1ccc(N2CCOCC2)cc1. The van der Waals surface area contributed by atoms with Crippen LogP contribution in [0.15, 0.2) is 48.5 Å². The molecular formula is C21H22N4O3. The van der Waals surface area contributed by atoms with Gasteiger partial charge in [-0.3, -0.25) is 0 Å². The number of benzene rings is 2. The van der Waals surface area contributed by atoms with Gasteiger partial charge < -0.3 is 19.7 Å². The summed E-state index contributed by atoms with van der Waals surface area (Å²) in [5.74, 6) is -0.107. The maximum atomic E-state index is 12.4. The fourth-order valence-corrected chi connectivity index (χ4v) is 3.14. The van der Waals surface area contributed by atoms with E-state index in [0.717, 1.165) is 37.7 Å². The number of nitrogens with one attached hydrogen (secondary N) is 1. The third kappa shape index (κ3) is 3.89. The Morgan fingerprint density at radius 3 is 2.43 bits per heavy atom. The summed E-state index contributed by atoms with van der Waals surface area (Å²) >= 11 is 0. The van der Waals surface area contributed by atoms with Crippen LogP contribution in [-0.2, 0) is 9.47 Å². The largest absolute Gasteiger partial charge is 0.461 e. The predicted molar refractivity (Wildman–Crippen MR) is 108 cm³/mol. The smallest absolute Gasteiger partial charge is 0.360 e. The van der Waals surface area contributed by atoms with Crippen molar-refractivity contribution >= 4 is 34.2 Å². The third-order valence-corrected chi connectivity index (χ3v) is 4.55. The zero-order valence-corrected chi connectivity index (χ0v) is 15.7. The van der Waals surface area contributed by atoms with E-state index in [1.54, 1.807) is 6.92 Å². The van der Waals surface area contributed by atoms with Crippen molar-refractivity contribution in [2.75, 3.05) is 43.1 Å². The Morgan fingerprint density at radius 2 is 1.75 bits per heavy atom. The normalized spacial score (nSPS) is 14.1. The molecule has 1 saturated heterocycles. The summed E-state index contributed by atoms with van der Waals surface area (Å²) in [4.78, 5) is 23.7. The minimum atomic E-state index is -0.492. The molecule has 1 aliphatic heterocycles. The van der Waals surface area contributed by atoms with Crippen LogP contribution in [0.4, 0.5) is 17.2 Å². The van der Waals surface area contributed by atoms with Gasteiger partial charge in [0.25, 0.3) is 0 Å². The molecule has 1 N–H and O–H groups in total. The number of ether oxygens (including phenoxy) is 2. The maximum Gasteiger partial charge on any atom is 0.360 e. The van der Waals surface area contributed by atoms with Crippen LogP contribution in [0, 0.1) is 0 Å². The van der Waals surface area contributed by atoms with E-state index in [9.17, 15) is 4.79 Å². The highest BCUT2D eigenvalue weighted by Crippen LogP contribution is 2.24. The van der Waals surface area contributed by atoms with E-state index in [4.69, 9.17) is 9.47 Å². The summed E-state index contributed by atoms with van der Waals surface area (Å²) in [5.41, 5.74) is 3.51. The lowest BCUT2D eigenvalue weighted by Crippen LogP contribution is -2.36. The molecule has 28 heavy (non-hydrogen) atoms. The quantitative estimate of drug-likeness (QED) is 0.682. The first-order chi connectivity index (χ1) is 13.7. The zero-order valence-electron chi connectivity index (χ0n) is 15.7. The minimum Gasteiger partial charge on any atom is -0.461 e. The van der Waals surface area contributed by atoms with Gasteiger partial charge in [-0.25, -0.2) is 14.8 Å². The van der Waals surface area contributed by atoms with E-state index >= 15 is 0 Å². The molecule has 2 aromatic carbocycles. The molecule has 7 nitrogen and oxygen atoms in total. The molecule has 0 atom stereocenters. The van der Waals surface area contributed by atoms with Gasteiger partial charge in [-0.05, 0) is 43.3 Å². The summed E-state index contributed by atoms with van der Waals surface area (Å²) in [5, 5.41) is 3.22. The van der Waals surface area contributed by atoms with Crippen LogP contribution in [0.3, 0.4) is 0 Å². The standard InChI is InChI=1S/C21H22N4O3/c1-2-28-21(26)19-20(24-18-6-4-3-5-17(18)23-19)22-15-7-9-16(10-8-15)25-11-13-27-14-12-25/h3-10H,2,11-14H2,1H3,(H,22,24). The highest BCUT2D eigenvalue weighted by atomic mass is 16.5. The molecule has 0 amide bonds. The number of hydrogen-bond acceptors (Lipinski definition) is 7. The van der Waals surface area contributed by atoms with E-state index < -0.39 is 5.97 Å². The van der Waals surface area contributed by atoms with Crippen LogP contribution in [-0.4, -0.2) is 48.8 Å². The van der Waals surface area contributed by atoms with Crippen LogP contribution in [0.25, 0.3) is 11.0 Å². The molecule has 0 saturated carbocycles. The number of rotatable bonds is 5. The Bertz CT molecular complexity index is 969. The molecule has 4 rings (SSSR count). The van der Waals surface area contributed by atoms with Crippen LogP contribution in [0.2, 0.25) is 0 Å². The fraction of sp³-hybridized carbons (Fsp3) is 0.286. The number of morpholine rings is 1. The van der Waals surface area contributed by atoms with Crippen molar-refractivity contribution in [2.45, 2.75) is 6.92 Å². The minimum absolute atomic E-state index is 0.179. The zero-order chi connectivity index (χ0) is 19.3. The monoisotopic (exact) mass is 378 g/mol. The Kier molecular flexibility index (Phi) is 5.34. The third-order valence-electron chi connectivity index (χ3n) is 4.55. The summed E-state index contributed by atoms with van der Waals surface area (Å²) in [6, 6.07) is 15.5. The van der Waals surface area contributed by atoms with Gasteiger partial charge in [0.2, 0.25) is 0 Å². The van der Waals surface area contributed by atoms with Crippen molar-refractivity contribution in [3.63, 3.8) is 0 Å². The van der Waals surface area contributed by atoms with Crippen molar-refractivity contribution in [3.8, 4) is 0 Å². The first-order valence-electron chi connectivity index (χ1n) is 9.38. The highest BCUT2D eigenvalue weighted by molar-refractivity contribution is 5.96. The first kappa shape index (κ1) is 18.2. The van der Waals surface area contributed by atoms with Gasteiger partial charge in [-0.2, -0.15) is 0 Å². The molecule has 0 aliphatic carbocycles. The van der Waals surface area contributed by atoms with Crippen LogP contribution < -0.4 is 10.2 Å². The van der Waals surface area contributed by atoms with Gasteiger partial charge in [0.15, 0.2) is 11.5 Å². The van der Waals surface area contributed by atoms with Crippen molar-refractivity contribution in [3.05, 3.63) is 54.2 Å². The Labute approximate surface area is 163 Å². The molecule has 1 fully saturated rings. The van der Waals surface area contributed by atoms with Gasteiger partial charge in [-0.1, -0.05) is 12.1 Å². The van der Waals surface area contributed by atoms with E-state index in [1.165, 1.54) is 0 Å². The van der Waals surface area contributed by atoms with E-state index in [-0.39, 0.29) is 12.3 Å².